The van der Waals surface area contributed by atoms with Crippen LogP contribution in [0.25, 0.3) is 0 Å². The molecule has 0 radical (unpaired) electrons. The molecule has 2 heteroatoms. The van der Waals surface area contributed by atoms with E-state index in [1.54, 1.807) is 0 Å². The molecule has 1 saturated heterocycles. The smallest absolute Gasteiger partial charge is 0.113 e. The third-order valence-corrected chi connectivity index (χ3v) is 3.60. The molecule has 0 N–H and O–H groups in total. The normalized spacial score (nSPS) is 32.0. The fourth-order valence-electron chi connectivity index (χ4n) is 1.70. The summed E-state index contributed by atoms with van der Waals surface area (Å²) in [7, 11) is 0. The van der Waals surface area contributed by atoms with Crippen molar-refractivity contribution in [3.63, 3.8) is 0 Å². The van der Waals surface area contributed by atoms with Crippen LogP contribution in [-0.4, -0.2) is 17.3 Å². The van der Waals surface area contributed by atoms with Crippen molar-refractivity contribution < 1.29 is 4.74 Å². The Bertz CT molecular complexity index is 84.0. The van der Waals surface area contributed by atoms with E-state index in [0.717, 1.165) is 6.61 Å². The summed E-state index contributed by atoms with van der Waals surface area (Å²) in [5, 5.41) is 0. The van der Waals surface area contributed by atoms with E-state index in [1.807, 2.05) is 11.8 Å². The van der Waals surface area contributed by atoms with Gasteiger partial charge in [-0.15, -0.1) is 11.8 Å². The molecule has 0 unspecified atom stereocenters. The van der Waals surface area contributed by atoms with Crippen LogP contribution < -0.4 is 0 Å². The van der Waals surface area contributed by atoms with Crippen LogP contribution in [0, 0.1) is 0 Å². The summed E-state index contributed by atoms with van der Waals surface area (Å²) in [4.78, 5) is 0.306. The number of ether oxygens (including phenoxy) is 1. The standard InChI is InChI=1S/C7H12OS/c1-2-4-7(3-1)8-5-6-9-7/h1-6H2. The molecule has 1 spiro atoms. The lowest BCUT2D eigenvalue weighted by Gasteiger charge is -2.19. The van der Waals surface area contributed by atoms with Gasteiger partial charge in [-0.3, -0.25) is 0 Å². The molecule has 1 heterocycles. The lowest BCUT2D eigenvalue weighted by atomic mass is 10.3. The highest BCUT2D eigenvalue weighted by Gasteiger charge is 2.38. The number of rotatable bonds is 0. The molecular weight excluding hydrogens is 132 g/mol. The first-order valence-corrected chi connectivity index (χ1v) is 4.68. The van der Waals surface area contributed by atoms with Crippen molar-refractivity contribution in [2.45, 2.75) is 30.6 Å². The fraction of sp³-hybridized carbons (Fsp3) is 1.00. The molecule has 0 atom stereocenters. The monoisotopic (exact) mass is 144 g/mol. The first-order chi connectivity index (χ1) is 4.41. The molecule has 0 amide bonds. The van der Waals surface area contributed by atoms with E-state index in [-0.39, 0.29) is 0 Å². The second kappa shape index (κ2) is 2.17. The van der Waals surface area contributed by atoms with Crippen LogP contribution >= 0.6 is 11.8 Å². The predicted molar refractivity (Wildman–Crippen MR) is 39.6 cm³/mol. The summed E-state index contributed by atoms with van der Waals surface area (Å²) in [6.45, 7) is 0.991. The Morgan fingerprint density at radius 2 is 2.00 bits per heavy atom. The minimum atomic E-state index is 0.306. The largest absolute Gasteiger partial charge is 0.363 e. The van der Waals surface area contributed by atoms with Gasteiger partial charge in [0.2, 0.25) is 0 Å². The highest BCUT2D eigenvalue weighted by atomic mass is 32.2. The van der Waals surface area contributed by atoms with Crippen LogP contribution in [0.3, 0.4) is 0 Å². The van der Waals surface area contributed by atoms with Gasteiger partial charge in [0.05, 0.1) is 6.61 Å². The SMILES string of the molecule is C1CCC2(C1)OCCS2. The van der Waals surface area contributed by atoms with E-state index in [1.165, 1.54) is 31.4 Å². The van der Waals surface area contributed by atoms with E-state index in [2.05, 4.69) is 0 Å². The van der Waals surface area contributed by atoms with Gasteiger partial charge in [-0.2, -0.15) is 0 Å². The Kier molecular flexibility index (Phi) is 1.46. The first-order valence-electron chi connectivity index (χ1n) is 3.69. The Balaban J connectivity index is 2.04. The molecule has 0 aromatic heterocycles. The summed E-state index contributed by atoms with van der Waals surface area (Å²) < 4.78 is 5.66. The van der Waals surface area contributed by atoms with Crippen molar-refractivity contribution in [3.8, 4) is 0 Å². The van der Waals surface area contributed by atoms with Crippen molar-refractivity contribution in [1.29, 1.82) is 0 Å². The van der Waals surface area contributed by atoms with E-state index < -0.39 is 0 Å². The zero-order valence-corrected chi connectivity index (χ0v) is 6.38. The molecule has 1 nitrogen and oxygen atoms in total. The molecule has 0 aromatic rings. The zero-order chi connectivity index (χ0) is 6.16. The van der Waals surface area contributed by atoms with Crippen molar-refractivity contribution in [3.05, 3.63) is 0 Å². The summed E-state index contributed by atoms with van der Waals surface area (Å²) in [6, 6.07) is 0. The van der Waals surface area contributed by atoms with Crippen molar-refractivity contribution in [2.24, 2.45) is 0 Å². The zero-order valence-electron chi connectivity index (χ0n) is 5.56. The van der Waals surface area contributed by atoms with Gasteiger partial charge >= 0.3 is 0 Å². The Morgan fingerprint density at radius 3 is 2.56 bits per heavy atom. The fourth-order valence-corrected chi connectivity index (χ4v) is 2.98. The van der Waals surface area contributed by atoms with Crippen LogP contribution in [0.15, 0.2) is 0 Å². The van der Waals surface area contributed by atoms with Gasteiger partial charge in [-0.05, 0) is 25.7 Å². The van der Waals surface area contributed by atoms with E-state index >= 15 is 0 Å². The van der Waals surface area contributed by atoms with Gasteiger partial charge in [0.1, 0.15) is 4.93 Å². The molecule has 2 rings (SSSR count). The lowest BCUT2D eigenvalue weighted by Crippen LogP contribution is -2.17. The Morgan fingerprint density at radius 1 is 1.22 bits per heavy atom. The average Bonchev–Trinajstić information content (AvgIpc) is 2.45. The van der Waals surface area contributed by atoms with Crippen molar-refractivity contribution in [2.75, 3.05) is 12.4 Å². The maximum absolute atomic E-state index is 5.66. The summed E-state index contributed by atoms with van der Waals surface area (Å²) in [5.41, 5.74) is 0. The highest BCUT2D eigenvalue weighted by Crippen LogP contribution is 2.45. The number of thioether (sulfide) groups is 1. The van der Waals surface area contributed by atoms with Crippen molar-refractivity contribution >= 4 is 11.8 Å². The predicted octanol–water partition coefficient (Wildman–Crippen LogP) is 2.02. The summed E-state index contributed by atoms with van der Waals surface area (Å²) >= 11 is 2.03. The second-order valence-corrected chi connectivity index (χ2v) is 4.26. The van der Waals surface area contributed by atoms with E-state index in [9.17, 15) is 0 Å². The van der Waals surface area contributed by atoms with Crippen LogP contribution in [-0.2, 0) is 4.74 Å². The second-order valence-electron chi connectivity index (χ2n) is 2.81. The van der Waals surface area contributed by atoms with Crippen molar-refractivity contribution in [1.82, 2.24) is 0 Å². The van der Waals surface area contributed by atoms with Crippen LogP contribution in [0.4, 0.5) is 0 Å². The molecule has 2 fully saturated rings. The molecule has 52 valence electrons. The first kappa shape index (κ1) is 6.05. The molecule has 0 bridgehead atoms. The summed E-state index contributed by atoms with van der Waals surface area (Å²) in [6.07, 6.45) is 5.37. The minimum absolute atomic E-state index is 0.306. The number of hydrogen-bond acceptors (Lipinski definition) is 2. The maximum atomic E-state index is 5.66. The molecule has 0 aromatic carbocycles. The molecule has 1 saturated carbocycles. The van der Waals surface area contributed by atoms with Crippen LogP contribution in [0.2, 0.25) is 0 Å². The molecule has 2 aliphatic rings. The van der Waals surface area contributed by atoms with Gasteiger partial charge < -0.3 is 4.74 Å². The van der Waals surface area contributed by atoms with Gasteiger partial charge in [-0.1, -0.05) is 0 Å². The van der Waals surface area contributed by atoms with Crippen LogP contribution in [0.1, 0.15) is 25.7 Å². The third kappa shape index (κ3) is 0.987. The minimum Gasteiger partial charge on any atom is -0.363 e. The highest BCUT2D eigenvalue weighted by molar-refractivity contribution is 8.00. The quantitative estimate of drug-likeness (QED) is 0.514. The van der Waals surface area contributed by atoms with E-state index in [4.69, 9.17) is 4.74 Å². The topological polar surface area (TPSA) is 9.23 Å². The van der Waals surface area contributed by atoms with Crippen LogP contribution in [0.5, 0.6) is 0 Å². The average molecular weight is 144 g/mol. The molecule has 1 aliphatic heterocycles. The van der Waals surface area contributed by atoms with Gasteiger partial charge in [0.15, 0.2) is 0 Å². The van der Waals surface area contributed by atoms with Gasteiger partial charge in [0.25, 0.3) is 0 Å². The molecular formula is C7H12OS. The Labute approximate surface area is 60.2 Å². The number of hydrogen-bond donors (Lipinski definition) is 0. The molecule has 1 aliphatic carbocycles. The third-order valence-electron chi connectivity index (χ3n) is 2.18. The lowest BCUT2D eigenvalue weighted by molar-refractivity contribution is 0.0574. The molecule has 9 heavy (non-hydrogen) atoms. The Hall–Kier alpha value is 0.310. The maximum Gasteiger partial charge on any atom is 0.113 e. The van der Waals surface area contributed by atoms with Gasteiger partial charge in [-0.25, -0.2) is 0 Å². The van der Waals surface area contributed by atoms with Gasteiger partial charge in [0, 0.05) is 5.75 Å². The van der Waals surface area contributed by atoms with E-state index in [0.29, 0.717) is 4.93 Å². The summed E-state index contributed by atoms with van der Waals surface area (Å²) in [5.74, 6) is 1.22.